The van der Waals surface area contributed by atoms with Gasteiger partial charge in [-0.3, -0.25) is 0 Å². The maximum absolute atomic E-state index is 9.67. The quantitative estimate of drug-likeness (QED) is 0.404. The molecule has 6 nitrogen and oxygen atoms in total. The predicted molar refractivity (Wildman–Crippen MR) is 77.5 cm³/mol. The summed E-state index contributed by atoms with van der Waals surface area (Å²) in [6, 6.07) is 0. The lowest BCUT2D eigenvalue weighted by Gasteiger charge is -2.25. The Morgan fingerprint density at radius 3 is 2.33 bits per heavy atom. The smallest absolute Gasteiger partial charge is 0.111 e. The lowest BCUT2D eigenvalue weighted by atomic mass is 10.0. The summed E-state index contributed by atoms with van der Waals surface area (Å²) in [6.45, 7) is 1.38. The maximum atomic E-state index is 9.67. The van der Waals surface area contributed by atoms with E-state index in [1.807, 2.05) is 31.2 Å². The van der Waals surface area contributed by atoms with Crippen molar-refractivity contribution in [3.63, 3.8) is 0 Å². The van der Waals surface area contributed by atoms with Crippen LogP contribution in [0.1, 0.15) is 13.3 Å². The van der Waals surface area contributed by atoms with E-state index in [1.165, 1.54) is 5.57 Å². The highest BCUT2D eigenvalue weighted by molar-refractivity contribution is 5.35. The van der Waals surface area contributed by atoms with Crippen molar-refractivity contribution in [2.24, 2.45) is 0 Å². The molecule has 0 spiro atoms. The van der Waals surface area contributed by atoms with Crippen molar-refractivity contribution in [2.75, 3.05) is 19.8 Å². The van der Waals surface area contributed by atoms with Crippen LogP contribution in [0.4, 0.5) is 0 Å². The van der Waals surface area contributed by atoms with Gasteiger partial charge >= 0.3 is 0 Å². The molecule has 4 unspecified atom stereocenters. The van der Waals surface area contributed by atoms with E-state index in [4.69, 9.17) is 9.84 Å². The Labute approximate surface area is 124 Å². The van der Waals surface area contributed by atoms with E-state index in [-0.39, 0.29) is 13.2 Å². The number of rotatable bonds is 8. The van der Waals surface area contributed by atoms with Crippen LogP contribution in [0.25, 0.3) is 0 Å². The molecule has 0 heterocycles. The van der Waals surface area contributed by atoms with Gasteiger partial charge in [0.15, 0.2) is 0 Å². The number of aliphatic hydroxyl groups is 5. The molecule has 0 fully saturated rings. The second-order valence-electron chi connectivity index (χ2n) is 4.99. The molecule has 0 aliphatic heterocycles. The monoisotopic (exact) mass is 300 g/mol. The third-order valence-corrected chi connectivity index (χ3v) is 3.36. The SMILES string of the molecule is CC=C1C=CC(COCC(O)C(O)C(O)C(O)CO)=CC1. The van der Waals surface area contributed by atoms with Crippen LogP contribution in [0.15, 0.2) is 35.5 Å². The Kier molecular flexibility index (Phi) is 7.81. The van der Waals surface area contributed by atoms with Crippen LogP contribution in [-0.2, 0) is 4.74 Å². The highest BCUT2D eigenvalue weighted by Crippen LogP contribution is 2.15. The predicted octanol–water partition coefficient (Wildman–Crippen LogP) is -0.729. The topological polar surface area (TPSA) is 110 Å². The second-order valence-corrected chi connectivity index (χ2v) is 4.99. The Morgan fingerprint density at radius 1 is 1.14 bits per heavy atom. The summed E-state index contributed by atoms with van der Waals surface area (Å²) >= 11 is 0. The number of allylic oxidation sites excluding steroid dienone is 4. The summed E-state index contributed by atoms with van der Waals surface area (Å²) in [4.78, 5) is 0. The average molecular weight is 300 g/mol. The third-order valence-electron chi connectivity index (χ3n) is 3.36. The first kappa shape index (κ1) is 18.0. The van der Waals surface area contributed by atoms with Gasteiger partial charge in [-0.25, -0.2) is 0 Å². The van der Waals surface area contributed by atoms with Crippen LogP contribution >= 0.6 is 0 Å². The summed E-state index contributed by atoms with van der Waals surface area (Å²) in [5.74, 6) is 0. The lowest BCUT2D eigenvalue weighted by Crippen LogP contribution is -2.47. The van der Waals surface area contributed by atoms with Gasteiger partial charge in [-0.15, -0.1) is 0 Å². The summed E-state index contributed by atoms with van der Waals surface area (Å²) in [6.07, 6.45) is 2.73. The minimum Gasteiger partial charge on any atom is -0.394 e. The fourth-order valence-corrected chi connectivity index (χ4v) is 1.88. The molecular formula is C15H24O6. The minimum atomic E-state index is -1.63. The van der Waals surface area contributed by atoms with Crippen LogP contribution in [0, 0.1) is 0 Å². The first-order valence-corrected chi connectivity index (χ1v) is 6.92. The van der Waals surface area contributed by atoms with Crippen molar-refractivity contribution >= 4 is 0 Å². The molecular weight excluding hydrogens is 276 g/mol. The average Bonchev–Trinajstić information content (AvgIpc) is 2.53. The molecule has 5 N–H and O–H groups in total. The van der Waals surface area contributed by atoms with Crippen molar-refractivity contribution in [1.29, 1.82) is 0 Å². The fourth-order valence-electron chi connectivity index (χ4n) is 1.88. The van der Waals surface area contributed by atoms with Gasteiger partial charge < -0.3 is 30.3 Å². The molecule has 1 rings (SSSR count). The lowest BCUT2D eigenvalue weighted by molar-refractivity contribution is -0.128. The number of hydrogen-bond donors (Lipinski definition) is 5. The molecule has 21 heavy (non-hydrogen) atoms. The highest BCUT2D eigenvalue weighted by Gasteiger charge is 2.30. The zero-order chi connectivity index (χ0) is 15.8. The molecule has 1 aliphatic rings. The Morgan fingerprint density at radius 2 is 1.81 bits per heavy atom. The van der Waals surface area contributed by atoms with Gasteiger partial charge in [-0.2, -0.15) is 0 Å². The van der Waals surface area contributed by atoms with Gasteiger partial charge in [0.25, 0.3) is 0 Å². The van der Waals surface area contributed by atoms with Crippen molar-refractivity contribution in [3.8, 4) is 0 Å². The van der Waals surface area contributed by atoms with Gasteiger partial charge in [-0.05, 0) is 24.5 Å². The van der Waals surface area contributed by atoms with Gasteiger partial charge in [0, 0.05) is 0 Å². The van der Waals surface area contributed by atoms with Crippen molar-refractivity contribution in [3.05, 3.63) is 35.5 Å². The van der Waals surface area contributed by atoms with E-state index in [1.54, 1.807) is 0 Å². The molecule has 4 atom stereocenters. The second kappa shape index (κ2) is 9.09. The Balaban J connectivity index is 2.32. The molecule has 0 aromatic rings. The molecule has 0 aromatic heterocycles. The number of hydrogen-bond acceptors (Lipinski definition) is 6. The first-order valence-electron chi connectivity index (χ1n) is 6.92. The number of aliphatic hydroxyl groups excluding tert-OH is 5. The molecule has 0 saturated carbocycles. The Bertz CT molecular complexity index is 401. The van der Waals surface area contributed by atoms with Crippen molar-refractivity contribution in [2.45, 2.75) is 37.8 Å². The van der Waals surface area contributed by atoms with E-state index in [9.17, 15) is 20.4 Å². The molecule has 6 heteroatoms. The summed E-state index contributed by atoms with van der Waals surface area (Å²) in [5.41, 5.74) is 2.19. The van der Waals surface area contributed by atoms with Gasteiger partial charge in [0.05, 0.1) is 19.8 Å². The summed E-state index contributed by atoms with van der Waals surface area (Å²) in [5, 5.41) is 46.6. The zero-order valence-electron chi connectivity index (χ0n) is 12.1. The van der Waals surface area contributed by atoms with E-state index in [0.717, 1.165) is 12.0 Å². The molecule has 0 saturated heterocycles. The van der Waals surface area contributed by atoms with E-state index < -0.39 is 31.0 Å². The molecule has 1 aliphatic carbocycles. The molecule has 0 bridgehead atoms. The Hall–Kier alpha value is -1.02. The number of ether oxygens (including phenoxy) is 1. The molecule has 0 aromatic carbocycles. The third kappa shape index (κ3) is 5.70. The largest absolute Gasteiger partial charge is 0.394 e. The van der Waals surface area contributed by atoms with E-state index in [2.05, 4.69) is 0 Å². The molecule has 0 amide bonds. The van der Waals surface area contributed by atoms with Crippen LogP contribution in [-0.4, -0.2) is 69.8 Å². The summed E-state index contributed by atoms with van der Waals surface area (Å²) < 4.78 is 5.28. The van der Waals surface area contributed by atoms with E-state index in [0.29, 0.717) is 0 Å². The van der Waals surface area contributed by atoms with Crippen molar-refractivity contribution in [1.82, 2.24) is 0 Å². The highest BCUT2D eigenvalue weighted by atomic mass is 16.5. The molecule has 0 radical (unpaired) electrons. The fraction of sp³-hybridized carbons (Fsp3) is 0.600. The van der Waals surface area contributed by atoms with Gasteiger partial charge in [0.1, 0.15) is 24.4 Å². The standard InChI is InChI=1S/C15H24O6/c1-2-10-3-5-11(6-4-10)8-21-9-13(18)15(20)14(19)12(17)7-16/h2-3,5-6,12-20H,4,7-9H2,1H3. The maximum Gasteiger partial charge on any atom is 0.111 e. The summed E-state index contributed by atoms with van der Waals surface area (Å²) in [7, 11) is 0. The van der Waals surface area contributed by atoms with Crippen LogP contribution in [0.3, 0.4) is 0 Å². The zero-order valence-corrected chi connectivity index (χ0v) is 12.1. The molecule has 120 valence electrons. The minimum absolute atomic E-state index is 0.183. The van der Waals surface area contributed by atoms with Gasteiger partial charge in [0.2, 0.25) is 0 Å². The van der Waals surface area contributed by atoms with Crippen LogP contribution in [0.5, 0.6) is 0 Å². The van der Waals surface area contributed by atoms with Crippen LogP contribution in [0.2, 0.25) is 0 Å². The van der Waals surface area contributed by atoms with Crippen LogP contribution < -0.4 is 0 Å². The van der Waals surface area contributed by atoms with E-state index >= 15 is 0 Å². The van der Waals surface area contributed by atoms with Crippen molar-refractivity contribution < 1.29 is 30.3 Å². The normalized spacial score (nSPS) is 22.8. The van der Waals surface area contributed by atoms with Gasteiger partial charge in [-0.1, -0.05) is 24.3 Å². The first-order chi connectivity index (χ1) is 9.99.